The summed E-state index contributed by atoms with van der Waals surface area (Å²) < 4.78 is 13.8. The number of esters is 1. The molecule has 1 N–H and O–H groups in total. The van der Waals surface area contributed by atoms with Crippen molar-refractivity contribution in [2.75, 3.05) is 6.79 Å². The Morgan fingerprint density at radius 1 is 1.26 bits per heavy atom. The van der Waals surface area contributed by atoms with E-state index < -0.39 is 30.5 Å². The van der Waals surface area contributed by atoms with Gasteiger partial charge in [-0.15, -0.1) is 0 Å². The van der Waals surface area contributed by atoms with Crippen LogP contribution in [0.4, 0.5) is 4.79 Å². The van der Waals surface area contributed by atoms with Gasteiger partial charge in [0.2, 0.25) is 6.79 Å². The van der Waals surface area contributed by atoms with Crippen molar-refractivity contribution < 1.29 is 28.6 Å². The van der Waals surface area contributed by atoms with E-state index in [0.717, 1.165) is 6.47 Å². The van der Waals surface area contributed by atoms with Crippen LogP contribution in [0.1, 0.15) is 34.6 Å². The molecule has 19 heavy (non-hydrogen) atoms. The highest BCUT2D eigenvalue weighted by molar-refractivity contribution is 5.81. The van der Waals surface area contributed by atoms with Crippen molar-refractivity contribution in [3.8, 4) is 0 Å². The first-order valence-electron chi connectivity index (χ1n) is 5.82. The molecule has 0 bridgehead atoms. The van der Waals surface area contributed by atoms with Gasteiger partial charge >= 0.3 is 18.5 Å². The summed E-state index contributed by atoms with van der Waals surface area (Å²) in [6.45, 7) is 9.18. The molecular formula is C12H20NO6. The van der Waals surface area contributed by atoms with Gasteiger partial charge in [0.15, 0.2) is 0 Å². The topological polar surface area (TPSA) is 90.9 Å². The first kappa shape index (κ1) is 17.2. The third kappa shape index (κ3) is 8.01. The average Bonchev–Trinajstić information content (AvgIpc) is 2.23. The van der Waals surface area contributed by atoms with E-state index >= 15 is 0 Å². The lowest BCUT2D eigenvalue weighted by Gasteiger charge is -2.24. The molecule has 1 unspecified atom stereocenters. The Balaban J connectivity index is 4.44. The summed E-state index contributed by atoms with van der Waals surface area (Å²) in [5.41, 5.74) is -0.662. The predicted molar refractivity (Wildman–Crippen MR) is 65.7 cm³/mol. The molecule has 0 aromatic carbocycles. The van der Waals surface area contributed by atoms with Crippen LogP contribution in [0, 0.1) is 5.92 Å². The van der Waals surface area contributed by atoms with Crippen LogP contribution >= 0.6 is 0 Å². The molecule has 0 rings (SSSR count). The maximum atomic E-state index is 11.7. The predicted octanol–water partition coefficient (Wildman–Crippen LogP) is 1.12. The molecule has 7 nitrogen and oxygen atoms in total. The molecule has 109 valence electrons. The normalized spacial score (nSPS) is 12.5. The van der Waals surface area contributed by atoms with Crippen molar-refractivity contribution >= 4 is 18.5 Å². The Hall–Kier alpha value is -1.79. The number of carbonyl (C=O) groups excluding carboxylic acids is 3. The van der Waals surface area contributed by atoms with Crippen LogP contribution in [0.15, 0.2) is 0 Å². The fraction of sp³-hybridized carbons (Fsp3) is 0.750. The first-order valence-corrected chi connectivity index (χ1v) is 5.82. The maximum Gasteiger partial charge on any atom is 0.420 e. The third-order valence-corrected chi connectivity index (χ3v) is 1.91. The average molecular weight is 274 g/mol. The second-order valence-corrected chi connectivity index (χ2v) is 5.18. The number of carbonyl (C=O) groups is 2. The fourth-order valence-electron chi connectivity index (χ4n) is 1.13. The van der Waals surface area contributed by atoms with Gasteiger partial charge in [0.1, 0.15) is 11.6 Å². The summed E-state index contributed by atoms with van der Waals surface area (Å²) in [4.78, 5) is 33.0. The summed E-state index contributed by atoms with van der Waals surface area (Å²) in [7, 11) is 0. The van der Waals surface area contributed by atoms with Crippen molar-refractivity contribution in [1.82, 2.24) is 5.32 Å². The highest BCUT2D eigenvalue weighted by Crippen LogP contribution is 2.09. The Morgan fingerprint density at radius 3 is 2.26 bits per heavy atom. The van der Waals surface area contributed by atoms with Gasteiger partial charge < -0.3 is 19.5 Å². The molecule has 1 radical (unpaired) electrons. The molecule has 0 heterocycles. The maximum absolute atomic E-state index is 11.7. The highest BCUT2D eigenvalue weighted by atomic mass is 16.7. The third-order valence-electron chi connectivity index (χ3n) is 1.91. The zero-order valence-electron chi connectivity index (χ0n) is 11.8. The standard InChI is InChI=1S/C12H20NO6/c1-8(2)9(10(15)18-7-17-6-14)13-11(16)19-12(3,4)5/h8-9H,7H2,1-5H3,(H,13,16). The van der Waals surface area contributed by atoms with E-state index in [0.29, 0.717) is 0 Å². The minimum absolute atomic E-state index is 0.208. The number of hydrogen-bond donors (Lipinski definition) is 1. The molecule has 1 amide bonds. The summed E-state index contributed by atoms with van der Waals surface area (Å²) in [5, 5.41) is 2.41. The Bertz CT molecular complexity index is 321. The number of hydrogen-bond acceptors (Lipinski definition) is 6. The van der Waals surface area contributed by atoms with E-state index in [1.807, 2.05) is 0 Å². The van der Waals surface area contributed by atoms with Crippen molar-refractivity contribution in [2.45, 2.75) is 46.3 Å². The smallest absolute Gasteiger partial charge is 0.420 e. The van der Waals surface area contributed by atoms with Crippen LogP contribution < -0.4 is 5.32 Å². The van der Waals surface area contributed by atoms with Crippen molar-refractivity contribution in [3.63, 3.8) is 0 Å². The lowest BCUT2D eigenvalue weighted by Crippen LogP contribution is -2.47. The largest absolute Gasteiger partial charge is 0.444 e. The Labute approximate surface area is 112 Å². The van der Waals surface area contributed by atoms with Crippen molar-refractivity contribution in [2.24, 2.45) is 5.92 Å². The van der Waals surface area contributed by atoms with Gasteiger partial charge in [-0.05, 0) is 26.7 Å². The van der Waals surface area contributed by atoms with E-state index in [9.17, 15) is 14.4 Å². The second-order valence-electron chi connectivity index (χ2n) is 5.18. The number of ether oxygens (including phenoxy) is 3. The van der Waals surface area contributed by atoms with E-state index in [2.05, 4.69) is 14.8 Å². The van der Waals surface area contributed by atoms with Gasteiger partial charge in [-0.3, -0.25) is 0 Å². The summed E-state index contributed by atoms with van der Waals surface area (Å²) in [6.07, 6.45) is -0.717. The summed E-state index contributed by atoms with van der Waals surface area (Å²) in [5.74, 6) is -0.920. The summed E-state index contributed by atoms with van der Waals surface area (Å²) >= 11 is 0. The van der Waals surface area contributed by atoms with E-state index in [1.54, 1.807) is 34.6 Å². The number of amides is 1. The molecule has 0 aliphatic carbocycles. The number of nitrogens with one attached hydrogen (secondary N) is 1. The van der Waals surface area contributed by atoms with Gasteiger partial charge in [-0.25, -0.2) is 14.4 Å². The first-order chi connectivity index (χ1) is 8.67. The molecule has 0 aliphatic heterocycles. The molecule has 0 fully saturated rings. The van der Waals surface area contributed by atoms with Crippen LogP contribution in [0.25, 0.3) is 0 Å². The molecule has 0 spiro atoms. The lowest BCUT2D eigenvalue weighted by molar-refractivity contribution is -0.154. The second kappa shape index (κ2) is 7.60. The number of rotatable bonds is 6. The number of alkyl carbamates (subject to hydrolysis) is 1. The van der Waals surface area contributed by atoms with E-state index in [-0.39, 0.29) is 5.92 Å². The van der Waals surface area contributed by atoms with Crippen molar-refractivity contribution in [1.29, 1.82) is 0 Å². The van der Waals surface area contributed by atoms with Crippen LogP contribution in [0.2, 0.25) is 0 Å². The van der Waals surface area contributed by atoms with Gasteiger partial charge in [-0.2, -0.15) is 0 Å². The van der Waals surface area contributed by atoms with Gasteiger partial charge in [0, 0.05) is 0 Å². The zero-order valence-corrected chi connectivity index (χ0v) is 11.8. The van der Waals surface area contributed by atoms with Gasteiger partial charge in [0.25, 0.3) is 0 Å². The summed E-state index contributed by atoms with van der Waals surface area (Å²) in [6, 6.07) is -0.884. The minimum atomic E-state index is -0.884. The van der Waals surface area contributed by atoms with Crippen molar-refractivity contribution in [3.05, 3.63) is 0 Å². The molecule has 1 atom stereocenters. The van der Waals surface area contributed by atoms with E-state index in [4.69, 9.17) is 4.74 Å². The monoisotopic (exact) mass is 274 g/mol. The SMILES string of the molecule is CC(C)C(NC(=O)OC(C)(C)C)C(=O)OCO[C]=O. The fourth-order valence-corrected chi connectivity index (χ4v) is 1.13. The minimum Gasteiger partial charge on any atom is -0.444 e. The lowest BCUT2D eigenvalue weighted by atomic mass is 10.1. The van der Waals surface area contributed by atoms with Gasteiger partial charge in [0.05, 0.1) is 0 Å². The van der Waals surface area contributed by atoms with Crippen LogP contribution in [0.5, 0.6) is 0 Å². The van der Waals surface area contributed by atoms with Crippen LogP contribution in [-0.4, -0.2) is 37.0 Å². The highest BCUT2D eigenvalue weighted by Gasteiger charge is 2.28. The quantitative estimate of drug-likeness (QED) is 0.443. The molecule has 0 saturated carbocycles. The van der Waals surface area contributed by atoms with Crippen LogP contribution in [0.3, 0.4) is 0 Å². The Morgan fingerprint density at radius 2 is 1.84 bits per heavy atom. The van der Waals surface area contributed by atoms with E-state index in [1.165, 1.54) is 0 Å². The Kier molecular flexibility index (Phi) is 6.89. The van der Waals surface area contributed by atoms with Gasteiger partial charge in [-0.1, -0.05) is 13.8 Å². The zero-order chi connectivity index (χ0) is 15.1. The molecule has 0 aromatic heterocycles. The molecule has 0 aromatic rings. The molecule has 7 heteroatoms. The molecule has 0 saturated heterocycles. The van der Waals surface area contributed by atoms with Crippen LogP contribution in [-0.2, 0) is 23.8 Å². The molecule has 0 aliphatic rings. The molecular weight excluding hydrogens is 254 g/mol.